The van der Waals surface area contributed by atoms with Gasteiger partial charge in [0.05, 0.1) is 12.7 Å². The topological polar surface area (TPSA) is 42.1 Å². The highest BCUT2D eigenvalue weighted by molar-refractivity contribution is 9.10. The van der Waals surface area contributed by atoms with Crippen LogP contribution in [0.25, 0.3) is 22.2 Å². The van der Waals surface area contributed by atoms with E-state index in [-0.39, 0.29) is 5.97 Å². The van der Waals surface area contributed by atoms with Gasteiger partial charge in [0.1, 0.15) is 0 Å². The summed E-state index contributed by atoms with van der Waals surface area (Å²) >= 11 is 3.43. The zero-order chi connectivity index (χ0) is 14.1. The van der Waals surface area contributed by atoms with Crippen LogP contribution >= 0.6 is 15.9 Å². The first-order chi connectivity index (χ1) is 9.67. The van der Waals surface area contributed by atoms with Gasteiger partial charge in [-0.1, -0.05) is 34.1 Å². The van der Waals surface area contributed by atoms with E-state index in [9.17, 15) is 4.79 Å². The summed E-state index contributed by atoms with van der Waals surface area (Å²) in [6.45, 7) is 0. The molecule has 3 rings (SSSR count). The van der Waals surface area contributed by atoms with Crippen LogP contribution in [0.15, 0.2) is 53.0 Å². The first-order valence-electron chi connectivity index (χ1n) is 6.14. The predicted molar refractivity (Wildman–Crippen MR) is 82.8 cm³/mol. The molecule has 0 fully saturated rings. The van der Waals surface area contributed by atoms with Gasteiger partial charge in [-0.15, -0.1) is 0 Å². The van der Waals surface area contributed by atoms with Crippen LogP contribution in [0.3, 0.4) is 0 Å². The quantitative estimate of drug-likeness (QED) is 0.709. The number of para-hydroxylation sites is 1. The van der Waals surface area contributed by atoms with Gasteiger partial charge in [0.25, 0.3) is 0 Å². The largest absolute Gasteiger partial charge is 0.465 e. The Balaban J connectivity index is 2.13. The van der Waals surface area contributed by atoms with Crippen molar-refractivity contribution in [3.63, 3.8) is 0 Å². The van der Waals surface area contributed by atoms with Crippen LogP contribution in [0.1, 0.15) is 10.4 Å². The fourth-order valence-corrected chi connectivity index (χ4v) is 2.70. The number of aromatic nitrogens is 1. The van der Waals surface area contributed by atoms with E-state index in [2.05, 4.69) is 33.0 Å². The third-order valence-electron chi connectivity index (χ3n) is 3.16. The lowest BCUT2D eigenvalue weighted by Gasteiger charge is -2.04. The number of carbonyl (C=O) groups excluding carboxylic acids is 1. The highest BCUT2D eigenvalue weighted by Gasteiger charge is 2.10. The van der Waals surface area contributed by atoms with E-state index in [1.807, 2.05) is 30.3 Å². The number of benzene rings is 2. The Morgan fingerprint density at radius 3 is 2.70 bits per heavy atom. The van der Waals surface area contributed by atoms with E-state index in [4.69, 9.17) is 4.74 Å². The number of rotatable bonds is 2. The zero-order valence-electron chi connectivity index (χ0n) is 10.8. The lowest BCUT2D eigenvalue weighted by molar-refractivity contribution is 0.0600. The average Bonchev–Trinajstić information content (AvgIpc) is 2.89. The number of nitrogens with one attached hydrogen (secondary N) is 1. The maximum atomic E-state index is 11.7. The molecular formula is C16H12BrNO2. The first kappa shape index (κ1) is 12.9. The van der Waals surface area contributed by atoms with Gasteiger partial charge in [-0.2, -0.15) is 0 Å². The summed E-state index contributed by atoms with van der Waals surface area (Å²) in [6.07, 6.45) is 0. The van der Waals surface area contributed by atoms with E-state index in [1.165, 1.54) is 7.11 Å². The second kappa shape index (κ2) is 5.13. The zero-order valence-corrected chi connectivity index (χ0v) is 12.4. The molecule has 0 saturated heterocycles. The number of fused-ring (bicyclic) bond motifs is 1. The van der Waals surface area contributed by atoms with E-state index in [0.717, 1.165) is 26.6 Å². The number of hydrogen-bond acceptors (Lipinski definition) is 2. The highest BCUT2D eigenvalue weighted by atomic mass is 79.9. The van der Waals surface area contributed by atoms with Crippen molar-refractivity contribution in [3.05, 3.63) is 58.6 Å². The van der Waals surface area contributed by atoms with Crippen molar-refractivity contribution in [1.82, 2.24) is 4.98 Å². The smallest absolute Gasteiger partial charge is 0.337 e. The molecule has 2 aromatic carbocycles. The van der Waals surface area contributed by atoms with Crippen LogP contribution < -0.4 is 0 Å². The van der Waals surface area contributed by atoms with E-state index >= 15 is 0 Å². The Labute approximate surface area is 124 Å². The molecule has 4 heteroatoms. The van der Waals surface area contributed by atoms with Crippen molar-refractivity contribution in [1.29, 1.82) is 0 Å². The molecule has 0 aliphatic rings. The number of methoxy groups -OCH3 is 1. The predicted octanol–water partition coefficient (Wildman–Crippen LogP) is 4.38. The van der Waals surface area contributed by atoms with Gasteiger partial charge in [0, 0.05) is 21.1 Å². The molecule has 1 N–H and O–H groups in total. The summed E-state index contributed by atoms with van der Waals surface area (Å²) in [7, 11) is 1.38. The monoisotopic (exact) mass is 329 g/mol. The van der Waals surface area contributed by atoms with Crippen molar-refractivity contribution >= 4 is 32.8 Å². The summed E-state index contributed by atoms with van der Waals surface area (Å²) < 4.78 is 5.61. The minimum Gasteiger partial charge on any atom is -0.465 e. The van der Waals surface area contributed by atoms with E-state index in [1.54, 1.807) is 6.07 Å². The molecule has 3 aromatic rings. The van der Waals surface area contributed by atoms with E-state index in [0.29, 0.717) is 5.56 Å². The molecule has 100 valence electrons. The fraction of sp³-hybridized carbons (Fsp3) is 0.0625. The maximum Gasteiger partial charge on any atom is 0.337 e. The third-order valence-corrected chi connectivity index (χ3v) is 3.62. The molecule has 0 amide bonds. The Morgan fingerprint density at radius 2 is 1.95 bits per heavy atom. The Hall–Kier alpha value is -2.07. The van der Waals surface area contributed by atoms with Crippen LogP contribution in [0.2, 0.25) is 0 Å². The number of hydrogen-bond donors (Lipinski definition) is 1. The maximum absolute atomic E-state index is 11.7. The molecule has 0 aliphatic carbocycles. The summed E-state index contributed by atoms with van der Waals surface area (Å²) in [5, 5.41) is 1.14. The average molecular weight is 330 g/mol. The number of ether oxygens (including phenoxy) is 1. The molecule has 0 bridgehead atoms. The molecule has 1 aromatic heterocycles. The van der Waals surface area contributed by atoms with Crippen LogP contribution in [0, 0.1) is 0 Å². The number of halogens is 1. The minimum absolute atomic E-state index is 0.344. The molecule has 0 aliphatic heterocycles. The van der Waals surface area contributed by atoms with Gasteiger partial charge in [0.2, 0.25) is 0 Å². The molecule has 0 unspecified atom stereocenters. The molecule has 0 atom stereocenters. The molecule has 1 heterocycles. The second-order valence-corrected chi connectivity index (χ2v) is 5.41. The van der Waals surface area contributed by atoms with Crippen molar-refractivity contribution in [2.75, 3.05) is 7.11 Å². The van der Waals surface area contributed by atoms with Crippen LogP contribution in [0.5, 0.6) is 0 Å². The molecule has 0 spiro atoms. The van der Waals surface area contributed by atoms with Gasteiger partial charge in [-0.05, 0) is 35.9 Å². The van der Waals surface area contributed by atoms with Crippen molar-refractivity contribution in [2.45, 2.75) is 0 Å². The molecule has 20 heavy (non-hydrogen) atoms. The van der Waals surface area contributed by atoms with Crippen LogP contribution in [0.4, 0.5) is 0 Å². The van der Waals surface area contributed by atoms with Crippen molar-refractivity contribution in [2.24, 2.45) is 0 Å². The van der Waals surface area contributed by atoms with E-state index < -0.39 is 0 Å². The summed E-state index contributed by atoms with van der Waals surface area (Å²) in [5.74, 6) is -0.344. The molecular weight excluding hydrogens is 318 g/mol. The Kier molecular flexibility index (Phi) is 3.32. The summed E-state index contributed by atoms with van der Waals surface area (Å²) in [4.78, 5) is 15.0. The molecule has 3 nitrogen and oxygen atoms in total. The Morgan fingerprint density at radius 1 is 1.15 bits per heavy atom. The summed E-state index contributed by atoms with van der Waals surface area (Å²) in [5.41, 5.74) is 3.51. The van der Waals surface area contributed by atoms with Gasteiger partial charge >= 0.3 is 5.97 Å². The number of carbonyl (C=O) groups is 1. The standard InChI is InChI=1S/C16H12BrNO2/c1-20-16(19)12-6-11(7-13(17)8-12)15-9-10-4-2-3-5-14(10)18-15/h2-9,18H,1H3. The molecule has 0 radical (unpaired) electrons. The number of H-pyrrole nitrogens is 1. The highest BCUT2D eigenvalue weighted by Crippen LogP contribution is 2.27. The Bertz CT molecular complexity index is 759. The lowest BCUT2D eigenvalue weighted by atomic mass is 10.1. The second-order valence-electron chi connectivity index (χ2n) is 4.49. The van der Waals surface area contributed by atoms with Gasteiger partial charge in [-0.3, -0.25) is 0 Å². The third kappa shape index (κ3) is 2.34. The number of esters is 1. The van der Waals surface area contributed by atoms with Gasteiger partial charge in [0.15, 0.2) is 0 Å². The normalized spacial score (nSPS) is 10.7. The number of aromatic amines is 1. The SMILES string of the molecule is COC(=O)c1cc(Br)cc(-c2cc3ccccc3[nH]2)c1. The summed E-state index contributed by atoms with van der Waals surface area (Å²) in [6, 6.07) is 15.7. The first-order valence-corrected chi connectivity index (χ1v) is 6.94. The van der Waals surface area contributed by atoms with Crippen LogP contribution in [-0.2, 0) is 4.74 Å². The van der Waals surface area contributed by atoms with Crippen LogP contribution in [-0.4, -0.2) is 18.1 Å². The lowest BCUT2D eigenvalue weighted by Crippen LogP contribution is -2.01. The fourth-order valence-electron chi connectivity index (χ4n) is 2.21. The minimum atomic E-state index is -0.344. The van der Waals surface area contributed by atoms with Gasteiger partial charge in [-0.25, -0.2) is 4.79 Å². The van der Waals surface area contributed by atoms with Gasteiger partial charge < -0.3 is 9.72 Å². The molecule has 0 saturated carbocycles. The van der Waals surface area contributed by atoms with Crippen molar-refractivity contribution < 1.29 is 9.53 Å². The van der Waals surface area contributed by atoms with Crippen molar-refractivity contribution in [3.8, 4) is 11.3 Å².